The van der Waals surface area contributed by atoms with Crippen molar-refractivity contribution in [2.45, 2.75) is 18.9 Å². The zero-order valence-electron chi connectivity index (χ0n) is 15.2. The fourth-order valence-electron chi connectivity index (χ4n) is 3.57. The molecule has 1 unspecified atom stereocenters. The van der Waals surface area contributed by atoms with Gasteiger partial charge in [-0.05, 0) is 12.8 Å². The van der Waals surface area contributed by atoms with Crippen LogP contribution in [0.25, 0.3) is 11.0 Å². The zero-order valence-corrected chi connectivity index (χ0v) is 15.2. The Hall–Kier alpha value is -2.97. The van der Waals surface area contributed by atoms with Crippen LogP contribution in [0.1, 0.15) is 23.2 Å². The Balaban J connectivity index is 1.56. The van der Waals surface area contributed by atoms with Crippen LogP contribution in [0.5, 0.6) is 0 Å². The third-order valence-corrected chi connectivity index (χ3v) is 5.02. The lowest BCUT2D eigenvalue weighted by Gasteiger charge is -2.38. The summed E-state index contributed by atoms with van der Waals surface area (Å²) in [6.07, 6.45) is 8.72. The summed E-state index contributed by atoms with van der Waals surface area (Å²) in [4.78, 5) is 25.6. The predicted octanol–water partition coefficient (Wildman–Crippen LogP) is 0.838. The van der Waals surface area contributed by atoms with Gasteiger partial charge in [0, 0.05) is 46.5 Å². The summed E-state index contributed by atoms with van der Waals surface area (Å²) in [5.41, 5.74) is 1.43. The molecular formula is C17H22N8O. The molecule has 0 radical (unpaired) electrons. The number of aromatic nitrogens is 6. The summed E-state index contributed by atoms with van der Waals surface area (Å²) in [5, 5.41) is 9.33. The highest BCUT2D eigenvalue weighted by Crippen LogP contribution is 2.26. The van der Waals surface area contributed by atoms with Crippen LogP contribution in [0, 0.1) is 0 Å². The van der Waals surface area contributed by atoms with Gasteiger partial charge in [0.25, 0.3) is 5.91 Å². The van der Waals surface area contributed by atoms with Crippen molar-refractivity contribution in [3.05, 3.63) is 30.5 Å². The van der Waals surface area contributed by atoms with Crippen LogP contribution in [-0.2, 0) is 14.1 Å². The van der Waals surface area contributed by atoms with Crippen molar-refractivity contribution >= 4 is 22.8 Å². The van der Waals surface area contributed by atoms with Crippen molar-refractivity contribution < 1.29 is 4.79 Å². The average Bonchev–Trinajstić information content (AvgIpc) is 3.27. The van der Waals surface area contributed by atoms with Gasteiger partial charge in [-0.3, -0.25) is 14.2 Å². The summed E-state index contributed by atoms with van der Waals surface area (Å²) in [5.74, 6) is 0.884. The van der Waals surface area contributed by atoms with Crippen molar-refractivity contribution in [3.8, 4) is 0 Å². The Bertz CT molecular complexity index is 945. The molecule has 1 atom stereocenters. The first-order valence-corrected chi connectivity index (χ1v) is 8.68. The van der Waals surface area contributed by atoms with E-state index in [0.717, 1.165) is 42.8 Å². The fourth-order valence-corrected chi connectivity index (χ4v) is 3.57. The maximum atomic E-state index is 12.7. The molecular weight excluding hydrogens is 332 g/mol. The number of rotatable bonds is 3. The lowest BCUT2D eigenvalue weighted by Crippen LogP contribution is -2.48. The van der Waals surface area contributed by atoms with Gasteiger partial charge in [0.1, 0.15) is 12.1 Å². The molecule has 9 heteroatoms. The van der Waals surface area contributed by atoms with Crippen LogP contribution >= 0.6 is 0 Å². The van der Waals surface area contributed by atoms with E-state index in [1.165, 1.54) is 0 Å². The molecule has 1 amide bonds. The number of anilines is 1. The first-order valence-electron chi connectivity index (χ1n) is 8.68. The van der Waals surface area contributed by atoms with E-state index < -0.39 is 0 Å². The molecule has 0 N–H and O–H groups in total. The number of nitrogens with zero attached hydrogens (tertiary/aromatic N) is 8. The lowest BCUT2D eigenvalue weighted by molar-refractivity contribution is 0.0717. The molecule has 0 spiro atoms. The van der Waals surface area contributed by atoms with E-state index in [2.05, 4.69) is 25.1 Å². The van der Waals surface area contributed by atoms with Crippen molar-refractivity contribution in [1.29, 1.82) is 0 Å². The Morgan fingerprint density at radius 2 is 2.08 bits per heavy atom. The number of fused-ring (bicyclic) bond motifs is 1. The second-order valence-corrected chi connectivity index (χ2v) is 6.76. The Labute approximate surface area is 151 Å². The largest absolute Gasteiger partial charge is 0.354 e. The molecule has 1 aliphatic heterocycles. The van der Waals surface area contributed by atoms with Gasteiger partial charge >= 0.3 is 0 Å². The van der Waals surface area contributed by atoms with Gasteiger partial charge in [0.05, 0.1) is 23.3 Å². The van der Waals surface area contributed by atoms with Gasteiger partial charge in [-0.1, -0.05) is 0 Å². The first-order chi connectivity index (χ1) is 12.5. The molecule has 3 aromatic rings. The highest BCUT2D eigenvalue weighted by atomic mass is 16.2. The van der Waals surface area contributed by atoms with Crippen LogP contribution < -0.4 is 4.90 Å². The summed E-state index contributed by atoms with van der Waals surface area (Å²) in [6, 6.07) is 0.123. The van der Waals surface area contributed by atoms with E-state index in [4.69, 9.17) is 0 Å². The van der Waals surface area contributed by atoms with Crippen molar-refractivity contribution in [3.63, 3.8) is 0 Å². The van der Waals surface area contributed by atoms with Gasteiger partial charge in [0.15, 0.2) is 5.65 Å². The molecule has 1 fully saturated rings. The maximum Gasteiger partial charge on any atom is 0.257 e. The van der Waals surface area contributed by atoms with E-state index in [9.17, 15) is 4.79 Å². The van der Waals surface area contributed by atoms with Gasteiger partial charge in [0.2, 0.25) is 0 Å². The minimum atomic E-state index is -0.000776. The predicted molar refractivity (Wildman–Crippen MR) is 96.8 cm³/mol. The van der Waals surface area contributed by atoms with E-state index >= 15 is 0 Å². The Kier molecular flexibility index (Phi) is 4.06. The molecule has 0 aliphatic carbocycles. The molecule has 4 heterocycles. The second-order valence-electron chi connectivity index (χ2n) is 6.76. The van der Waals surface area contributed by atoms with Crippen LogP contribution in [0.3, 0.4) is 0 Å². The molecule has 0 saturated carbocycles. The minimum Gasteiger partial charge on any atom is -0.354 e. The van der Waals surface area contributed by atoms with E-state index in [1.807, 2.05) is 26.0 Å². The number of hydrogen-bond acceptors (Lipinski definition) is 6. The lowest BCUT2D eigenvalue weighted by atomic mass is 10.0. The van der Waals surface area contributed by atoms with Gasteiger partial charge in [-0.25, -0.2) is 9.97 Å². The molecule has 3 aromatic heterocycles. The molecule has 4 rings (SSSR count). The normalized spacial score (nSPS) is 17.7. The fraction of sp³-hybridized carbons (Fsp3) is 0.471. The third-order valence-electron chi connectivity index (χ3n) is 5.02. The summed E-state index contributed by atoms with van der Waals surface area (Å²) >= 11 is 0. The number of hydrogen-bond donors (Lipinski definition) is 0. The van der Waals surface area contributed by atoms with Gasteiger partial charge < -0.3 is 9.80 Å². The molecule has 0 bridgehead atoms. The monoisotopic (exact) mass is 354 g/mol. The summed E-state index contributed by atoms with van der Waals surface area (Å²) in [6.45, 7) is 1.65. The first kappa shape index (κ1) is 16.5. The summed E-state index contributed by atoms with van der Waals surface area (Å²) in [7, 11) is 5.55. The van der Waals surface area contributed by atoms with Gasteiger partial charge in [-0.2, -0.15) is 10.2 Å². The molecule has 1 saturated heterocycles. The topological polar surface area (TPSA) is 85.0 Å². The van der Waals surface area contributed by atoms with Crippen LogP contribution in [-0.4, -0.2) is 66.5 Å². The Morgan fingerprint density at radius 1 is 1.23 bits per heavy atom. The van der Waals surface area contributed by atoms with E-state index in [1.54, 1.807) is 34.3 Å². The number of likely N-dealkylation sites (N-methyl/N-ethyl adjacent to an activating group) is 1. The average molecular weight is 354 g/mol. The quantitative estimate of drug-likeness (QED) is 0.693. The van der Waals surface area contributed by atoms with Crippen molar-refractivity contribution in [1.82, 2.24) is 34.4 Å². The molecule has 1 aliphatic rings. The van der Waals surface area contributed by atoms with E-state index in [-0.39, 0.29) is 11.9 Å². The van der Waals surface area contributed by atoms with E-state index in [0.29, 0.717) is 5.56 Å². The molecule has 26 heavy (non-hydrogen) atoms. The number of carbonyl (C=O) groups is 1. The number of piperidine rings is 1. The standard InChI is InChI=1S/C17H22N8O/c1-22-9-12(7-20-22)17(26)23(2)13-5-4-6-25(10-13)16-14-8-21-24(3)15(14)18-11-19-16/h7-9,11,13H,4-6,10H2,1-3H3. The molecule has 136 valence electrons. The molecule has 0 aromatic carbocycles. The van der Waals surface area contributed by atoms with Crippen molar-refractivity contribution in [2.75, 3.05) is 25.0 Å². The SMILES string of the molecule is CN(C(=O)c1cnn(C)c1)C1CCCN(c2ncnc3c2cnn3C)C1. The van der Waals surface area contributed by atoms with Crippen LogP contribution in [0.4, 0.5) is 5.82 Å². The Morgan fingerprint density at radius 3 is 2.85 bits per heavy atom. The second kappa shape index (κ2) is 6.40. The highest BCUT2D eigenvalue weighted by molar-refractivity contribution is 5.94. The number of aryl methyl sites for hydroxylation is 2. The smallest absolute Gasteiger partial charge is 0.257 e. The maximum absolute atomic E-state index is 12.7. The minimum absolute atomic E-state index is 0.000776. The summed E-state index contributed by atoms with van der Waals surface area (Å²) < 4.78 is 3.40. The number of carbonyl (C=O) groups excluding carboxylic acids is 1. The number of amides is 1. The van der Waals surface area contributed by atoms with Crippen molar-refractivity contribution in [2.24, 2.45) is 14.1 Å². The van der Waals surface area contributed by atoms with Crippen LogP contribution in [0.15, 0.2) is 24.9 Å². The highest BCUT2D eigenvalue weighted by Gasteiger charge is 2.29. The molecule has 9 nitrogen and oxygen atoms in total. The van der Waals surface area contributed by atoms with Gasteiger partial charge in [-0.15, -0.1) is 0 Å². The third kappa shape index (κ3) is 2.79. The van der Waals surface area contributed by atoms with Crippen LogP contribution in [0.2, 0.25) is 0 Å². The zero-order chi connectivity index (χ0) is 18.3.